The highest BCUT2D eigenvalue weighted by Crippen LogP contribution is 2.29. The smallest absolute Gasteiger partial charge is 0.150 e. The van der Waals surface area contributed by atoms with Crippen LogP contribution < -0.4 is 0 Å². The summed E-state index contributed by atoms with van der Waals surface area (Å²) in [5.41, 5.74) is 4.42. The summed E-state index contributed by atoms with van der Waals surface area (Å²) in [5, 5.41) is 0. The molecule has 80 valence electrons. The van der Waals surface area contributed by atoms with Gasteiger partial charge in [0.25, 0.3) is 0 Å². The van der Waals surface area contributed by atoms with E-state index in [0.717, 1.165) is 37.0 Å². The average Bonchev–Trinajstić information content (AvgIpc) is 2.74. The summed E-state index contributed by atoms with van der Waals surface area (Å²) in [6.45, 7) is 5.74. The average molecular weight is 204 g/mol. The zero-order valence-electron chi connectivity index (χ0n) is 9.25. The van der Waals surface area contributed by atoms with Gasteiger partial charge in [0.05, 0.1) is 6.61 Å². The van der Waals surface area contributed by atoms with Gasteiger partial charge in [0.15, 0.2) is 0 Å². The molecule has 2 nitrogen and oxygen atoms in total. The lowest BCUT2D eigenvalue weighted by molar-refractivity contribution is 0.112. The molecule has 1 fully saturated rings. The van der Waals surface area contributed by atoms with Crippen molar-refractivity contribution in [3.63, 3.8) is 0 Å². The Morgan fingerprint density at radius 3 is 2.73 bits per heavy atom. The molecule has 1 aliphatic rings. The third-order valence-electron chi connectivity index (χ3n) is 3.15. The molecule has 0 radical (unpaired) electrons. The number of hydrogen-bond acceptors (Lipinski definition) is 2. The predicted molar refractivity (Wildman–Crippen MR) is 59.5 cm³/mol. The van der Waals surface area contributed by atoms with Gasteiger partial charge in [-0.15, -0.1) is 0 Å². The lowest BCUT2D eigenvalue weighted by atomic mass is 9.91. The summed E-state index contributed by atoms with van der Waals surface area (Å²) in [5.74, 6) is 0.518. The Morgan fingerprint density at radius 1 is 1.33 bits per heavy atom. The van der Waals surface area contributed by atoms with Crippen molar-refractivity contribution in [2.45, 2.75) is 26.2 Å². The normalized spacial score (nSPS) is 20.5. The van der Waals surface area contributed by atoms with Gasteiger partial charge >= 0.3 is 0 Å². The molecule has 15 heavy (non-hydrogen) atoms. The molecule has 1 heterocycles. The highest BCUT2D eigenvalue weighted by atomic mass is 16.5. The molecule has 0 amide bonds. The van der Waals surface area contributed by atoms with Crippen LogP contribution in [0.1, 0.15) is 39.4 Å². The topological polar surface area (TPSA) is 26.3 Å². The van der Waals surface area contributed by atoms with Gasteiger partial charge in [-0.25, -0.2) is 0 Å². The number of carbonyl (C=O) groups is 1. The summed E-state index contributed by atoms with van der Waals surface area (Å²) < 4.78 is 5.39. The summed E-state index contributed by atoms with van der Waals surface area (Å²) in [7, 11) is 0. The molecule has 1 aromatic carbocycles. The van der Waals surface area contributed by atoms with Crippen LogP contribution >= 0.6 is 0 Å². The SMILES string of the molecule is Cc1cc(C2CCOC2)c(C)cc1C=O. The van der Waals surface area contributed by atoms with E-state index in [-0.39, 0.29) is 0 Å². The van der Waals surface area contributed by atoms with Crippen molar-refractivity contribution in [1.82, 2.24) is 0 Å². The molecule has 1 atom stereocenters. The van der Waals surface area contributed by atoms with Crippen LogP contribution in [0.3, 0.4) is 0 Å². The van der Waals surface area contributed by atoms with Crippen LogP contribution in [-0.4, -0.2) is 19.5 Å². The van der Waals surface area contributed by atoms with Crippen LogP contribution in [0.4, 0.5) is 0 Å². The van der Waals surface area contributed by atoms with Crippen LogP contribution in [-0.2, 0) is 4.74 Å². The van der Waals surface area contributed by atoms with Crippen LogP contribution in [0.5, 0.6) is 0 Å². The van der Waals surface area contributed by atoms with Gasteiger partial charge in [-0.05, 0) is 43.0 Å². The summed E-state index contributed by atoms with van der Waals surface area (Å²) in [4.78, 5) is 10.8. The van der Waals surface area contributed by atoms with Crippen LogP contribution in [0.2, 0.25) is 0 Å². The van der Waals surface area contributed by atoms with Gasteiger partial charge in [-0.1, -0.05) is 6.07 Å². The van der Waals surface area contributed by atoms with Crippen LogP contribution in [0.25, 0.3) is 0 Å². The second kappa shape index (κ2) is 4.15. The molecule has 1 aliphatic heterocycles. The number of carbonyl (C=O) groups excluding carboxylic acids is 1. The molecule has 0 N–H and O–H groups in total. The first-order valence-corrected chi connectivity index (χ1v) is 5.36. The molecule has 1 unspecified atom stereocenters. The highest BCUT2D eigenvalue weighted by molar-refractivity contribution is 5.77. The van der Waals surface area contributed by atoms with E-state index in [1.165, 1.54) is 11.1 Å². The van der Waals surface area contributed by atoms with Gasteiger partial charge in [0.2, 0.25) is 0 Å². The fraction of sp³-hybridized carbons (Fsp3) is 0.462. The maximum Gasteiger partial charge on any atom is 0.150 e. The van der Waals surface area contributed by atoms with E-state index in [1.54, 1.807) is 0 Å². The fourth-order valence-corrected chi connectivity index (χ4v) is 2.21. The zero-order chi connectivity index (χ0) is 10.8. The molecular weight excluding hydrogens is 188 g/mol. The number of benzene rings is 1. The Balaban J connectivity index is 2.39. The van der Waals surface area contributed by atoms with Crippen molar-refractivity contribution in [2.75, 3.05) is 13.2 Å². The van der Waals surface area contributed by atoms with Crippen molar-refractivity contribution in [1.29, 1.82) is 0 Å². The summed E-state index contributed by atoms with van der Waals surface area (Å²) in [6.07, 6.45) is 2.03. The van der Waals surface area contributed by atoms with Crippen LogP contribution in [0.15, 0.2) is 12.1 Å². The molecule has 2 rings (SSSR count). The number of aryl methyl sites for hydroxylation is 2. The van der Waals surface area contributed by atoms with Gasteiger partial charge in [-0.2, -0.15) is 0 Å². The Kier molecular flexibility index (Phi) is 2.87. The molecule has 2 heteroatoms. The first-order valence-electron chi connectivity index (χ1n) is 5.36. The van der Waals surface area contributed by atoms with Gasteiger partial charge in [-0.3, -0.25) is 4.79 Å². The molecular formula is C13H16O2. The van der Waals surface area contributed by atoms with Gasteiger partial charge < -0.3 is 4.74 Å². The minimum Gasteiger partial charge on any atom is -0.381 e. The van der Waals surface area contributed by atoms with E-state index in [1.807, 2.05) is 13.0 Å². The van der Waals surface area contributed by atoms with E-state index in [2.05, 4.69) is 13.0 Å². The molecule has 1 aromatic rings. The van der Waals surface area contributed by atoms with E-state index >= 15 is 0 Å². The van der Waals surface area contributed by atoms with E-state index in [4.69, 9.17) is 4.74 Å². The van der Waals surface area contributed by atoms with Crippen LogP contribution in [0, 0.1) is 13.8 Å². The monoisotopic (exact) mass is 204 g/mol. The van der Waals surface area contributed by atoms with Crippen molar-refractivity contribution >= 4 is 6.29 Å². The fourth-order valence-electron chi connectivity index (χ4n) is 2.21. The second-order valence-corrected chi connectivity index (χ2v) is 4.24. The second-order valence-electron chi connectivity index (χ2n) is 4.24. The number of hydrogen-bond donors (Lipinski definition) is 0. The lowest BCUT2D eigenvalue weighted by Crippen LogP contribution is -2.02. The molecule has 0 aromatic heterocycles. The van der Waals surface area contributed by atoms with Crippen molar-refractivity contribution in [3.8, 4) is 0 Å². The molecule has 0 saturated carbocycles. The van der Waals surface area contributed by atoms with Crippen molar-refractivity contribution in [3.05, 3.63) is 34.4 Å². The van der Waals surface area contributed by atoms with E-state index in [0.29, 0.717) is 5.92 Å². The number of rotatable bonds is 2. The maximum absolute atomic E-state index is 10.8. The number of ether oxygens (including phenoxy) is 1. The minimum atomic E-state index is 0.518. The Bertz CT molecular complexity index is 376. The van der Waals surface area contributed by atoms with Crippen molar-refractivity contribution < 1.29 is 9.53 Å². The zero-order valence-corrected chi connectivity index (χ0v) is 9.25. The predicted octanol–water partition coefficient (Wildman–Crippen LogP) is 2.62. The minimum absolute atomic E-state index is 0.518. The highest BCUT2D eigenvalue weighted by Gasteiger charge is 2.20. The third kappa shape index (κ3) is 1.95. The summed E-state index contributed by atoms with van der Waals surface area (Å²) >= 11 is 0. The number of aldehydes is 1. The molecule has 0 aliphatic carbocycles. The molecule has 0 spiro atoms. The maximum atomic E-state index is 10.8. The quantitative estimate of drug-likeness (QED) is 0.692. The van der Waals surface area contributed by atoms with Crippen molar-refractivity contribution in [2.24, 2.45) is 0 Å². The Hall–Kier alpha value is -1.15. The Morgan fingerprint density at radius 2 is 2.13 bits per heavy atom. The van der Waals surface area contributed by atoms with Gasteiger partial charge in [0, 0.05) is 18.1 Å². The standard InChI is InChI=1S/C13H16O2/c1-9-6-13(11-3-4-15-8-11)10(2)5-12(9)7-14/h5-7,11H,3-4,8H2,1-2H3. The first-order chi connectivity index (χ1) is 7.22. The van der Waals surface area contributed by atoms with E-state index < -0.39 is 0 Å². The lowest BCUT2D eigenvalue weighted by Gasteiger charge is -2.13. The largest absolute Gasteiger partial charge is 0.381 e. The van der Waals surface area contributed by atoms with Gasteiger partial charge in [0.1, 0.15) is 6.29 Å². The molecule has 1 saturated heterocycles. The summed E-state index contributed by atoms with van der Waals surface area (Å²) in [6, 6.07) is 4.12. The molecule has 0 bridgehead atoms. The third-order valence-corrected chi connectivity index (χ3v) is 3.15. The first kappa shape index (κ1) is 10.4. The van der Waals surface area contributed by atoms with E-state index in [9.17, 15) is 4.79 Å². The Labute approximate surface area is 90.3 Å².